The summed E-state index contributed by atoms with van der Waals surface area (Å²) in [6.45, 7) is 3.88. The molecule has 7 nitrogen and oxygen atoms in total. The van der Waals surface area contributed by atoms with Gasteiger partial charge in [0.2, 0.25) is 17.6 Å². The smallest absolute Gasteiger partial charge is 0.232 e. The Morgan fingerprint density at radius 3 is 2.45 bits per heavy atom. The molecule has 2 saturated heterocycles. The summed E-state index contributed by atoms with van der Waals surface area (Å²) in [5, 5.41) is 4.15. The molecule has 2 aromatic carbocycles. The van der Waals surface area contributed by atoms with E-state index in [9.17, 15) is 4.79 Å². The number of benzene rings is 2. The quantitative estimate of drug-likeness (QED) is 0.682. The number of hydrogen-bond acceptors (Lipinski definition) is 6. The Balaban J connectivity index is 1.30. The largest absolute Gasteiger partial charge is 0.378 e. The van der Waals surface area contributed by atoms with Crippen LogP contribution in [0.25, 0.3) is 11.4 Å². The average molecular weight is 390 g/mol. The number of morpholine rings is 1. The van der Waals surface area contributed by atoms with Crippen molar-refractivity contribution in [3.8, 4) is 11.4 Å². The molecule has 1 aromatic heterocycles. The first kappa shape index (κ1) is 17.9. The molecule has 0 saturated carbocycles. The van der Waals surface area contributed by atoms with E-state index in [1.54, 1.807) is 4.90 Å². The zero-order chi connectivity index (χ0) is 19.6. The molecule has 0 unspecified atom stereocenters. The first-order chi connectivity index (χ1) is 14.3. The van der Waals surface area contributed by atoms with Crippen LogP contribution in [-0.2, 0) is 9.53 Å². The lowest BCUT2D eigenvalue weighted by molar-refractivity contribution is -0.117. The van der Waals surface area contributed by atoms with E-state index in [0.717, 1.165) is 37.6 Å². The number of nitrogens with zero attached hydrogens (tertiary/aromatic N) is 4. The Labute approximate surface area is 168 Å². The Hall–Kier alpha value is -3.19. The summed E-state index contributed by atoms with van der Waals surface area (Å²) in [5.41, 5.74) is 2.97. The second-order valence-corrected chi connectivity index (χ2v) is 7.34. The second-order valence-electron chi connectivity index (χ2n) is 7.34. The molecule has 1 atom stereocenters. The van der Waals surface area contributed by atoms with Gasteiger partial charge in [0.05, 0.1) is 19.1 Å². The van der Waals surface area contributed by atoms with E-state index in [0.29, 0.717) is 24.7 Å². The molecular weight excluding hydrogens is 368 g/mol. The average Bonchev–Trinajstić information content (AvgIpc) is 3.42. The van der Waals surface area contributed by atoms with Crippen molar-refractivity contribution >= 4 is 17.3 Å². The van der Waals surface area contributed by atoms with Crippen molar-refractivity contribution in [1.82, 2.24) is 10.1 Å². The van der Waals surface area contributed by atoms with Crippen LogP contribution in [0.3, 0.4) is 0 Å². The minimum absolute atomic E-state index is 0.0795. The Morgan fingerprint density at radius 1 is 0.931 bits per heavy atom. The monoisotopic (exact) mass is 390 g/mol. The van der Waals surface area contributed by atoms with Gasteiger partial charge < -0.3 is 19.1 Å². The molecule has 29 heavy (non-hydrogen) atoms. The van der Waals surface area contributed by atoms with Gasteiger partial charge >= 0.3 is 0 Å². The number of carbonyl (C=O) groups excluding carboxylic acids is 1. The molecule has 2 aliphatic rings. The zero-order valence-electron chi connectivity index (χ0n) is 16.0. The Bertz CT molecular complexity index is 981. The van der Waals surface area contributed by atoms with Gasteiger partial charge in [-0.25, -0.2) is 0 Å². The first-order valence-electron chi connectivity index (χ1n) is 9.90. The van der Waals surface area contributed by atoms with Crippen LogP contribution in [0.5, 0.6) is 0 Å². The highest BCUT2D eigenvalue weighted by Crippen LogP contribution is 2.32. The van der Waals surface area contributed by atoms with Crippen LogP contribution in [0.1, 0.15) is 18.2 Å². The molecule has 5 rings (SSSR count). The summed E-state index contributed by atoms with van der Waals surface area (Å²) >= 11 is 0. The summed E-state index contributed by atoms with van der Waals surface area (Å²) in [4.78, 5) is 21.1. The van der Waals surface area contributed by atoms with E-state index in [1.807, 2.05) is 42.5 Å². The molecule has 2 aliphatic heterocycles. The van der Waals surface area contributed by atoms with E-state index in [-0.39, 0.29) is 11.8 Å². The summed E-state index contributed by atoms with van der Waals surface area (Å²) in [5.74, 6) is 1.07. The van der Waals surface area contributed by atoms with Crippen molar-refractivity contribution in [3.63, 3.8) is 0 Å². The number of aromatic nitrogens is 2. The first-order valence-corrected chi connectivity index (χ1v) is 9.90. The van der Waals surface area contributed by atoms with Crippen molar-refractivity contribution in [3.05, 3.63) is 60.5 Å². The van der Waals surface area contributed by atoms with E-state index < -0.39 is 0 Å². The predicted octanol–water partition coefficient (Wildman–Crippen LogP) is 3.09. The second kappa shape index (κ2) is 7.67. The van der Waals surface area contributed by atoms with Gasteiger partial charge in [0.1, 0.15) is 0 Å². The predicted molar refractivity (Wildman–Crippen MR) is 109 cm³/mol. The van der Waals surface area contributed by atoms with Gasteiger partial charge in [0.15, 0.2) is 0 Å². The lowest BCUT2D eigenvalue weighted by Crippen LogP contribution is -2.36. The molecule has 3 heterocycles. The normalized spacial score (nSPS) is 19.7. The van der Waals surface area contributed by atoms with Crippen LogP contribution in [-0.4, -0.2) is 48.9 Å². The van der Waals surface area contributed by atoms with Crippen molar-refractivity contribution < 1.29 is 14.1 Å². The third-order valence-electron chi connectivity index (χ3n) is 5.49. The highest BCUT2D eigenvalue weighted by Gasteiger charge is 2.35. The van der Waals surface area contributed by atoms with Crippen LogP contribution >= 0.6 is 0 Å². The Kier molecular flexibility index (Phi) is 4.73. The van der Waals surface area contributed by atoms with Crippen molar-refractivity contribution in [2.75, 3.05) is 42.6 Å². The third kappa shape index (κ3) is 3.61. The third-order valence-corrected chi connectivity index (χ3v) is 5.49. The molecule has 0 radical (unpaired) electrons. The number of para-hydroxylation sites is 1. The maximum atomic E-state index is 12.4. The van der Waals surface area contributed by atoms with Crippen LogP contribution in [0.2, 0.25) is 0 Å². The standard InChI is InChI=1S/C22H22N4O3/c27-20-14-17(15-26(20)19-4-2-1-3-5-19)22-23-21(24-29-22)16-6-8-18(9-7-16)25-10-12-28-13-11-25/h1-9,17H,10-15H2/t17-/m0/s1. The fraction of sp³-hybridized carbons (Fsp3) is 0.318. The molecule has 148 valence electrons. The van der Waals surface area contributed by atoms with Gasteiger partial charge in [-0.05, 0) is 36.4 Å². The summed E-state index contributed by atoms with van der Waals surface area (Å²) in [6, 6.07) is 17.9. The number of anilines is 2. The van der Waals surface area contributed by atoms with E-state index in [1.165, 1.54) is 5.69 Å². The SMILES string of the molecule is O=C1C[C@H](c2nc(-c3ccc(N4CCOCC4)cc3)no2)CN1c1ccccc1. The summed E-state index contributed by atoms with van der Waals surface area (Å²) in [7, 11) is 0. The van der Waals surface area contributed by atoms with Crippen molar-refractivity contribution in [2.24, 2.45) is 0 Å². The van der Waals surface area contributed by atoms with Crippen LogP contribution in [0.15, 0.2) is 59.1 Å². The molecule has 3 aromatic rings. The molecule has 0 spiro atoms. The molecule has 2 fully saturated rings. The van der Waals surface area contributed by atoms with Crippen LogP contribution in [0.4, 0.5) is 11.4 Å². The lowest BCUT2D eigenvalue weighted by atomic mass is 10.1. The number of rotatable bonds is 4. The highest BCUT2D eigenvalue weighted by atomic mass is 16.5. The van der Waals surface area contributed by atoms with E-state index in [4.69, 9.17) is 9.26 Å². The van der Waals surface area contributed by atoms with Crippen LogP contribution in [0, 0.1) is 0 Å². The minimum Gasteiger partial charge on any atom is -0.378 e. The molecule has 7 heteroatoms. The van der Waals surface area contributed by atoms with Crippen molar-refractivity contribution in [2.45, 2.75) is 12.3 Å². The van der Waals surface area contributed by atoms with Crippen molar-refractivity contribution in [1.29, 1.82) is 0 Å². The van der Waals surface area contributed by atoms with Gasteiger partial charge in [-0.15, -0.1) is 0 Å². The minimum atomic E-state index is -0.0865. The summed E-state index contributed by atoms with van der Waals surface area (Å²) < 4.78 is 10.9. The molecule has 1 amide bonds. The van der Waals surface area contributed by atoms with E-state index in [2.05, 4.69) is 27.2 Å². The van der Waals surface area contributed by atoms with Gasteiger partial charge in [0.25, 0.3) is 0 Å². The summed E-state index contributed by atoms with van der Waals surface area (Å²) in [6.07, 6.45) is 0.381. The topological polar surface area (TPSA) is 71.7 Å². The number of carbonyl (C=O) groups is 1. The zero-order valence-corrected chi connectivity index (χ0v) is 16.0. The molecule has 0 aliphatic carbocycles. The van der Waals surface area contributed by atoms with Gasteiger partial charge in [-0.3, -0.25) is 4.79 Å². The molecule has 0 bridgehead atoms. The fourth-order valence-electron chi connectivity index (χ4n) is 3.89. The fourth-order valence-corrected chi connectivity index (χ4v) is 3.89. The maximum absolute atomic E-state index is 12.4. The molecule has 0 N–H and O–H groups in total. The van der Waals surface area contributed by atoms with Crippen LogP contribution < -0.4 is 9.80 Å². The van der Waals surface area contributed by atoms with Gasteiger partial charge in [0, 0.05) is 43.0 Å². The van der Waals surface area contributed by atoms with Gasteiger partial charge in [-0.2, -0.15) is 4.98 Å². The lowest BCUT2D eigenvalue weighted by Gasteiger charge is -2.28. The number of ether oxygens (including phenoxy) is 1. The maximum Gasteiger partial charge on any atom is 0.232 e. The Morgan fingerprint density at radius 2 is 1.69 bits per heavy atom. The van der Waals surface area contributed by atoms with E-state index >= 15 is 0 Å². The van der Waals surface area contributed by atoms with Gasteiger partial charge in [-0.1, -0.05) is 23.4 Å². The number of amides is 1. The highest BCUT2D eigenvalue weighted by molar-refractivity contribution is 5.96. The number of hydrogen-bond donors (Lipinski definition) is 0. The molecular formula is C22H22N4O3.